The number of aryl methyl sites for hydroxylation is 2. The highest BCUT2D eigenvalue weighted by molar-refractivity contribution is 5.80. The number of hydrogen-bond donors (Lipinski definition) is 0. The molecule has 0 heterocycles. The van der Waals surface area contributed by atoms with Crippen LogP contribution in [0.25, 0.3) is 0 Å². The highest BCUT2D eigenvalue weighted by Crippen LogP contribution is 2.44. The van der Waals surface area contributed by atoms with Gasteiger partial charge in [-0.3, -0.25) is 4.79 Å². The average molecular weight is 339 g/mol. The zero-order chi connectivity index (χ0) is 18.9. The highest BCUT2D eigenvalue weighted by atomic mass is 16.1. The van der Waals surface area contributed by atoms with Crippen molar-refractivity contribution in [1.82, 2.24) is 0 Å². The third-order valence-electron chi connectivity index (χ3n) is 4.87. The predicted octanol–water partition coefficient (Wildman–Crippen LogP) is 6.79. The number of hydrogen-bond acceptors (Lipinski definition) is 1. The maximum absolute atomic E-state index is 11.7. The van der Waals surface area contributed by atoms with Crippen molar-refractivity contribution in [3.8, 4) is 0 Å². The molecule has 0 aliphatic heterocycles. The maximum Gasteiger partial charge on any atom is 0.133 e. The molecule has 0 N–H and O–H groups in total. The Morgan fingerprint density at radius 1 is 0.640 bits per heavy atom. The Kier molecular flexibility index (Phi) is 8.61. The summed E-state index contributed by atoms with van der Waals surface area (Å²) in [5.74, 6) is 0.407. The first-order chi connectivity index (χ1) is 12.1. The lowest BCUT2D eigenvalue weighted by molar-refractivity contribution is -0.121. The van der Waals surface area contributed by atoms with E-state index < -0.39 is 0 Å². The van der Waals surface area contributed by atoms with Gasteiger partial charge in [0.05, 0.1) is 0 Å². The van der Waals surface area contributed by atoms with Gasteiger partial charge in [-0.25, -0.2) is 0 Å². The van der Waals surface area contributed by atoms with E-state index in [0.717, 1.165) is 12.8 Å². The fourth-order valence-electron chi connectivity index (χ4n) is 3.44. The SMILES string of the molecule is CC.CC.Cc1ccc(C2(c3ccc(C)cc3)CCC(=O)CC2)cc1. The van der Waals surface area contributed by atoms with E-state index in [0.29, 0.717) is 18.6 Å². The maximum atomic E-state index is 11.7. The Bertz CT molecular complexity index is 577. The fraction of sp³-hybridized carbons (Fsp3) is 0.458. The molecule has 0 spiro atoms. The summed E-state index contributed by atoms with van der Waals surface area (Å²) in [7, 11) is 0. The second-order valence-electron chi connectivity index (χ2n) is 6.35. The van der Waals surface area contributed by atoms with Gasteiger partial charge >= 0.3 is 0 Å². The van der Waals surface area contributed by atoms with Crippen molar-refractivity contribution >= 4 is 5.78 Å². The summed E-state index contributed by atoms with van der Waals surface area (Å²) >= 11 is 0. The number of Topliss-reactive ketones (excluding diaryl/α,β-unsaturated/α-hetero) is 1. The summed E-state index contributed by atoms with van der Waals surface area (Å²) < 4.78 is 0. The van der Waals surface area contributed by atoms with Gasteiger partial charge in [-0.05, 0) is 37.8 Å². The summed E-state index contributed by atoms with van der Waals surface area (Å²) in [5, 5.41) is 0. The number of carbonyl (C=O) groups is 1. The Labute approximate surface area is 154 Å². The quantitative estimate of drug-likeness (QED) is 0.589. The lowest BCUT2D eigenvalue weighted by Crippen LogP contribution is -2.33. The molecule has 0 unspecified atom stereocenters. The first-order valence-corrected chi connectivity index (χ1v) is 9.76. The van der Waals surface area contributed by atoms with Crippen molar-refractivity contribution in [3.63, 3.8) is 0 Å². The van der Waals surface area contributed by atoms with Crippen LogP contribution in [0.15, 0.2) is 48.5 Å². The first-order valence-electron chi connectivity index (χ1n) is 9.76. The van der Waals surface area contributed by atoms with Crippen molar-refractivity contribution in [2.75, 3.05) is 0 Å². The molecular formula is C24H34O. The minimum absolute atomic E-state index is 0.00924. The number of rotatable bonds is 2. The molecule has 25 heavy (non-hydrogen) atoms. The van der Waals surface area contributed by atoms with Crippen LogP contribution in [0.1, 0.15) is 75.6 Å². The van der Waals surface area contributed by atoms with E-state index >= 15 is 0 Å². The lowest BCUT2D eigenvalue weighted by Gasteiger charge is -2.38. The van der Waals surface area contributed by atoms with E-state index in [1.165, 1.54) is 22.3 Å². The Balaban J connectivity index is 0.000000730. The smallest absolute Gasteiger partial charge is 0.133 e. The van der Waals surface area contributed by atoms with Gasteiger partial charge in [0.1, 0.15) is 5.78 Å². The van der Waals surface area contributed by atoms with Crippen LogP contribution in [-0.4, -0.2) is 5.78 Å². The molecule has 1 fully saturated rings. The molecule has 0 amide bonds. The van der Waals surface area contributed by atoms with Crippen molar-refractivity contribution in [2.45, 2.75) is 72.6 Å². The summed E-state index contributed by atoms with van der Waals surface area (Å²) in [4.78, 5) is 11.7. The molecule has 0 radical (unpaired) electrons. The van der Waals surface area contributed by atoms with E-state index in [9.17, 15) is 4.79 Å². The van der Waals surface area contributed by atoms with Crippen molar-refractivity contribution < 1.29 is 4.79 Å². The van der Waals surface area contributed by atoms with Crippen molar-refractivity contribution in [3.05, 3.63) is 70.8 Å². The van der Waals surface area contributed by atoms with Gasteiger partial charge in [-0.15, -0.1) is 0 Å². The lowest BCUT2D eigenvalue weighted by atomic mass is 9.65. The van der Waals surface area contributed by atoms with Gasteiger partial charge in [0.15, 0.2) is 0 Å². The van der Waals surface area contributed by atoms with Gasteiger partial charge in [-0.1, -0.05) is 87.4 Å². The van der Waals surface area contributed by atoms with E-state index in [1.54, 1.807) is 0 Å². The predicted molar refractivity (Wildman–Crippen MR) is 109 cm³/mol. The number of benzene rings is 2. The monoisotopic (exact) mass is 338 g/mol. The number of ketones is 1. The number of carbonyl (C=O) groups excluding carboxylic acids is 1. The largest absolute Gasteiger partial charge is 0.300 e. The van der Waals surface area contributed by atoms with Crippen LogP contribution in [0.4, 0.5) is 0 Å². The first kappa shape index (κ1) is 21.2. The second kappa shape index (κ2) is 10.2. The second-order valence-corrected chi connectivity index (χ2v) is 6.35. The topological polar surface area (TPSA) is 17.1 Å². The molecule has 1 saturated carbocycles. The van der Waals surface area contributed by atoms with Crippen LogP contribution in [0.3, 0.4) is 0 Å². The van der Waals surface area contributed by atoms with Crippen LogP contribution in [0.2, 0.25) is 0 Å². The molecule has 0 saturated heterocycles. The summed E-state index contributed by atoms with van der Waals surface area (Å²) in [5.41, 5.74) is 5.28. The zero-order valence-corrected chi connectivity index (χ0v) is 16.9. The highest BCUT2D eigenvalue weighted by Gasteiger charge is 2.37. The van der Waals surface area contributed by atoms with Crippen molar-refractivity contribution in [2.24, 2.45) is 0 Å². The third-order valence-corrected chi connectivity index (χ3v) is 4.87. The van der Waals surface area contributed by atoms with Gasteiger partial charge in [0.25, 0.3) is 0 Å². The third kappa shape index (κ3) is 5.04. The molecule has 0 atom stereocenters. The molecule has 1 nitrogen and oxygen atoms in total. The Morgan fingerprint density at radius 2 is 0.960 bits per heavy atom. The van der Waals surface area contributed by atoms with Crippen LogP contribution in [0.5, 0.6) is 0 Å². The van der Waals surface area contributed by atoms with E-state index in [4.69, 9.17) is 0 Å². The van der Waals surface area contributed by atoms with Gasteiger partial charge in [0, 0.05) is 18.3 Å². The van der Waals surface area contributed by atoms with E-state index in [1.807, 2.05) is 27.7 Å². The summed E-state index contributed by atoms with van der Waals surface area (Å²) in [6.07, 6.45) is 3.25. The van der Waals surface area contributed by atoms with Crippen LogP contribution < -0.4 is 0 Å². The molecule has 3 rings (SSSR count). The Morgan fingerprint density at radius 3 is 1.28 bits per heavy atom. The molecule has 136 valence electrons. The van der Waals surface area contributed by atoms with Crippen LogP contribution in [0, 0.1) is 13.8 Å². The van der Waals surface area contributed by atoms with E-state index in [-0.39, 0.29) is 5.41 Å². The molecule has 1 heteroatoms. The van der Waals surface area contributed by atoms with Crippen molar-refractivity contribution in [1.29, 1.82) is 0 Å². The Hall–Kier alpha value is -1.89. The minimum atomic E-state index is 0.00924. The average Bonchev–Trinajstić information content (AvgIpc) is 2.67. The summed E-state index contributed by atoms with van der Waals surface area (Å²) in [6, 6.07) is 17.7. The molecule has 1 aliphatic carbocycles. The van der Waals surface area contributed by atoms with Crippen LogP contribution in [-0.2, 0) is 10.2 Å². The zero-order valence-electron chi connectivity index (χ0n) is 16.9. The molecule has 0 bridgehead atoms. The van der Waals surface area contributed by atoms with Gasteiger partial charge in [0.2, 0.25) is 0 Å². The van der Waals surface area contributed by atoms with Gasteiger partial charge in [-0.2, -0.15) is 0 Å². The molecule has 2 aromatic rings. The minimum Gasteiger partial charge on any atom is -0.300 e. The van der Waals surface area contributed by atoms with E-state index in [2.05, 4.69) is 62.4 Å². The summed E-state index contributed by atoms with van der Waals surface area (Å²) in [6.45, 7) is 12.2. The standard InChI is InChI=1S/C20H22O.2C2H6/c1-15-3-7-17(8-4-15)20(13-11-19(21)12-14-20)18-9-5-16(2)6-10-18;2*1-2/h3-10H,11-14H2,1-2H3;2*1-2H3. The molecule has 0 aromatic heterocycles. The molecule has 2 aromatic carbocycles. The molecule has 1 aliphatic rings. The fourth-order valence-corrected chi connectivity index (χ4v) is 3.44. The van der Waals surface area contributed by atoms with Gasteiger partial charge < -0.3 is 0 Å². The molecular weight excluding hydrogens is 304 g/mol. The normalized spacial score (nSPS) is 15.4. The van der Waals surface area contributed by atoms with Crippen LogP contribution >= 0.6 is 0 Å².